The summed E-state index contributed by atoms with van der Waals surface area (Å²) in [7, 11) is 0. The molecule has 3 saturated carbocycles. The molecule has 0 N–H and O–H groups in total. The van der Waals surface area contributed by atoms with Crippen LogP contribution in [0.25, 0.3) is 0 Å². The molecule has 27 heavy (non-hydrogen) atoms. The highest BCUT2D eigenvalue weighted by atomic mass is 19.1. The molecule has 0 aromatic rings. The first-order chi connectivity index (χ1) is 12.9. The predicted molar refractivity (Wildman–Crippen MR) is 97.3 cm³/mol. The van der Waals surface area contributed by atoms with Crippen LogP contribution in [0.3, 0.4) is 0 Å². The summed E-state index contributed by atoms with van der Waals surface area (Å²) in [4.78, 5) is 11.3. The maximum absolute atomic E-state index is 15.2. The van der Waals surface area contributed by atoms with Crippen molar-refractivity contribution < 1.29 is 23.4 Å². The van der Waals surface area contributed by atoms with Crippen molar-refractivity contribution in [3.63, 3.8) is 0 Å². The van der Waals surface area contributed by atoms with E-state index >= 15 is 4.39 Å². The van der Waals surface area contributed by atoms with Crippen molar-refractivity contribution in [2.75, 3.05) is 13.2 Å². The van der Waals surface area contributed by atoms with Gasteiger partial charge < -0.3 is 14.2 Å². The highest BCUT2D eigenvalue weighted by Crippen LogP contribution is 2.67. The molecule has 0 amide bonds. The van der Waals surface area contributed by atoms with E-state index in [9.17, 15) is 4.79 Å². The van der Waals surface area contributed by atoms with Gasteiger partial charge in [-0.05, 0) is 61.3 Å². The molecular formula is C22H31FO4. The number of esters is 1. The zero-order valence-electron chi connectivity index (χ0n) is 16.5. The molecule has 0 unspecified atom stereocenters. The second-order valence-electron chi connectivity index (χ2n) is 9.63. The van der Waals surface area contributed by atoms with Gasteiger partial charge in [-0.3, -0.25) is 4.79 Å². The number of hydrogen-bond acceptors (Lipinski definition) is 4. The van der Waals surface area contributed by atoms with Crippen LogP contribution in [-0.4, -0.2) is 31.1 Å². The fourth-order valence-corrected chi connectivity index (χ4v) is 7.49. The van der Waals surface area contributed by atoms with Crippen LogP contribution >= 0.6 is 0 Å². The van der Waals surface area contributed by atoms with Gasteiger partial charge in [0, 0.05) is 31.6 Å². The van der Waals surface area contributed by atoms with Gasteiger partial charge in [-0.15, -0.1) is 0 Å². The Morgan fingerprint density at radius 2 is 1.85 bits per heavy atom. The van der Waals surface area contributed by atoms with Gasteiger partial charge in [0.2, 0.25) is 0 Å². The molecule has 6 atom stereocenters. The topological polar surface area (TPSA) is 44.8 Å². The molecule has 5 rings (SSSR count). The second kappa shape index (κ2) is 6.28. The van der Waals surface area contributed by atoms with Crippen molar-refractivity contribution in [2.24, 2.45) is 29.1 Å². The minimum Gasteiger partial charge on any atom is -0.462 e. The van der Waals surface area contributed by atoms with Crippen molar-refractivity contribution in [1.82, 2.24) is 0 Å². The molecule has 0 aromatic heterocycles. The van der Waals surface area contributed by atoms with Crippen LogP contribution < -0.4 is 0 Å². The lowest BCUT2D eigenvalue weighted by Crippen LogP contribution is -2.53. The molecule has 0 bridgehead atoms. The Balaban J connectivity index is 1.41. The molecule has 5 heteroatoms. The van der Waals surface area contributed by atoms with Crippen molar-refractivity contribution >= 4 is 5.97 Å². The first kappa shape index (κ1) is 18.1. The van der Waals surface area contributed by atoms with Crippen LogP contribution in [0.5, 0.6) is 0 Å². The fraction of sp³-hybridized carbons (Fsp3) is 0.864. The number of ether oxygens (including phenoxy) is 3. The third kappa shape index (κ3) is 2.57. The minimum absolute atomic E-state index is 0.0113. The van der Waals surface area contributed by atoms with E-state index in [1.54, 1.807) is 0 Å². The number of allylic oxidation sites excluding steroid dienone is 1. The van der Waals surface area contributed by atoms with Gasteiger partial charge in [0.1, 0.15) is 6.10 Å². The molecule has 1 heterocycles. The van der Waals surface area contributed by atoms with Crippen LogP contribution in [-0.2, 0) is 19.0 Å². The van der Waals surface area contributed by atoms with Gasteiger partial charge >= 0.3 is 5.97 Å². The van der Waals surface area contributed by atoms with Crippen molar-refractivity contribution in [2.45, 2.75) is 77.1 Å². The Labute approximate surface area is 160 Å². The SMILES string of the molecule is CC(=O)O[C@H]1CC[C@H]2C(=C(F)C[C@@H]3[C@@H]2CC[C@@]2(C)[C@H]3CCC23OCCO3)C1. The van der Waals surface area contributed by atoms with E-state index in [1.807, 2.05) is 0 Å². The first-order valence-corrected chi connectivity index (χ1v) is 10.8. The van der Waals surface area contributed by atoms with Crippen LogP contribution in [0.15, 0.2) is 11.4 Å². The largest absolute Gasteiger partial charge is 0.462 e. The molecule has 4 fully saturated rings. The standard InChI is InChI=1S/C22H31FO4/c1-13(24)27-14-3-4-15-16-5-7-21(2)19(6-8-22(21)25-9-10-26-22)17(16)12-20(23)18(15)11-14/h14-17,19H,3-12H2,1-2H3/t14-,15+,16+,17+,19-,21-/m0/s1. The normalized spacial score (nSPS) is 45.4. The molecule has 0 radical (unpaired) electrons. The quantitative estimate of drug-likeness (QED) is 0.629. The maximum Gasteiger partial charge on any atom is 0.302 e. The summed E-state index contributed by atoms with van der Waals surface area (Å²) in [6, 6.07) is 0. The maximum atomic E-state index is 15.2. The molecule has 5 aliphatic rings. The van der Waals surface area contributed by atoms with E-state index < -0.39 is 5.79 Å². The van der Waals surface area contributed by atoms with Crippen LogP contribution in [0, 0.1) is 29.1 Å². The number of fused-ring (bicyclic) bond motifs is 6. The van der Waals surface area contributed by atoms with E-state index in [4.69, 9.17) is 14.2 Å². The van der Waals surface area contributed by atoms with Gasteiger partial charge in [0.05, 0.1) is 19.0 Å². The summed E-state index contributed by atoms with van der Waals surface area (Å²) in [5.41, 5.74) is 0.968. The van der Waals surface area contributed by atoms with Crippen molar-refractivity contribution in [1.29, 1.82) is 0 Å². The highest BCUT2D eigenvalue weighted by molar-refractivity contribution is 5.66. The Kier molecular flexibility index (Phi) is 4.21. The summed E-state index contributed by atoms with van der Waals surface area (Å²) >= 11 is 0. The lowest BCUT2D eigenvalue weighted by Gasteiger charge is -2.55. The van der Waals surface area contributed by atoms with Gasteiger partial charge in [0.15, 0.2) is 5.79 Å². The summed E-state index contributed by atoms with van der Waals surface area (Å²) < 4.78 is 33.0. The number of rotatable bonds is 1. The smallest absolute Gasteiger partial charge is 0.302 e. The first-order valence-electron chi connectivity index (χ1n) is 10.8. The van der Waals surface area contributed by atoms with Crippen molar-refractivity contribution in [3.05, 3.63) is 11.4 Å². The monoisotopic (exact) mass is 378 g/mol. The average molecular weight is 378 g/mol. The number of carbonyl (C=O) groups excluding carboxylic acids is 1. The lowest BCUT2D eigenvalue weighted by molar-refractivity contribution is -0.240. The highest BCUT2D eigenvalue weighted by Gasteiger charge is 2.65. The summed E-state index contributed by atoms with van der Waals surface area (Å²) in [5, 5.41) is 0. The molecule has 1 aliphatic heterocycles. The second-order valence-corrected chi connectivity index (χ2v) is 9.63. The Morgan fingerprint density at radius 1 is 1.07 bits per heavy atom. The Bertz CT molecular complexity index is 667. The summed E-state index contributed by atoms with van der Waals surface area (Å²) in [6.07, 6.45) is 7.10. The van der Waals surface area contributed by atoms with E-state index in [2.05, 4.69) is 6.92 Å². The zero-order valence-corrected chi connectivity index (χ0v) is 16.5. The van der Waals surface area contributed by atoms with E-state index in [-0.39, 0.29) is 23.3 Å². The Hall–Kier alpha value is -0.940. The zero-order chi connectivity index (χ0) is 18.8. The minimum atomic E-state index is -0.421. The van der Waals surface area contributed by atoms with Crippen LogP contribution in [0.1, 0.15) is 65.2 Å². The third-order valence-electron chi connectivity index (χ3n) is 8.60. The van der Waals surface area contributed by atoms with Gasteiger partial charge in [-0.25, -0.2) is 4.39 Å². The molecule has 0 aromatic carbocycles. The van der Waals surface area contributed by atoms with Crippen LogP contribution in [0.2, 0.25) is 0 Å². The van der Waals surface area contributed by atoms with Gasteiger partial charge in [-0.2, -0.15) is 0 Å². The number of carbonyl (C=O) groups is 1. The predicted octanol–water partition coefficient (Wildman–Crippen LogP) is 4.53. The lowest BCUT2D eigenvalue weighted by atomic mass is 9.52. The van der Waals surface area contributed by atoms with Gasteiger partial charge in [0.25, 0.3) is 0 Å². The molecule has 4 aliphatic carbocycles. The molecule has 1 saturated heterocycles. The molecular weight excluding hydrogens is 347 g/mol. The van der Waals surface area contributed by atoms with E-state index in [0.29, 0.717) is 49.7 Å². The number of hydrogen-bond donors (Lipinski definition) is 0. The summed E-state index contributed by atoms with van der Waals surface area (Å²) in [6.45, 7) is 5.16. The van der Waals surface area contributed by atoms with Crippen molar-refractivity contribution in [3.8, 4) is 0 Å². The van der Waals surface area contributed by atoms with Gasteiger partial charge in [-0.1, -0.05) is 6.92 Å². The van der Waals surface area contributed by atoms with E-state index in [0.717, 1.165) is 44.1 Å². The fourth-order valence-electron chi connectivity index (χ4n) is 7.49. The number of halogens is 1. The molecule has 1 spiro atoms. The summed E-state index contributed by atoms with van der Waals surface area (Å²) in [5.74, 6) is 1.18. The third-order valence-corrected chi connectivity index (χ3v) is 8.60. The molecule has 4 nitrogen and oxygen atoms in total. The average Bonchev–Trinajstić information content (AvgIpc) is 3.22. The molecule has 150 valence electrons. The van der Waals surface area contributed by atoms with E-state index in [1.165, 1.54) is 6.92 Å². The Morgan fingerprint density at radius 3 is 2.59 bits per heavy atom. The van der Waals surface area contributed by atoms with Crippen LogP contribution in [0.4, 0.5) is 4.39 Å².